The Morgan fingerprint density at radius 2 is 1.61 bits per heavy atom. The van der Waals surface area contributed by atoms with Gasteiger partial charge in [0, 0.05) is 0 Å². The van der Waals surface area contributed by atoms with Crippen molar-refractivity contribution in [1.29, 1.82) is 0 Å². The van der Waals surface area contributed by atoms with E-state index >= 15 is 0 Å². The van der Waals surface area contributed by atoms with E-state index in [1.54, 1.807) is 0 Å². The summed E-state index contributed by atoms with van der Waals surface area (Å²) in [6.45, 7) is 2.52. The number of nitrogens with zero attached hydrogens (tertiary/aromatic N) is 3. The molecule has 170 valence electrons. The van der Waals surface area contributed by atoms with Crippen LogP contribution >= 0.6 is 0 Å². The number of hydrogen-bond acceptors (Lipinski definition) is 7. The molecule has 0 saturated carbocycles. The molecular formula is C25H25N3O5. The molecule has 8 nitrogen and oxygen atoms in total. The van der Waals surface area contributed by atoms with Gasteiger partial charge in [-0.25, -0.2) is 9.59 Å². The zero-order valence-electron chi connectivity index (χ0n) is 18.2. The summed E-state index contributed by atoms with van der Waals surface area (Å²) in [5, 5.41) is 4.63. The van der Waals surface area contributed by atoms with Crippen molar-refractivity contribution in [1.82, 2.24) is 14.7 Å². The molecule has 0 spiro atoms. The van der Waals surface area contributed by atoms with Crippen LogP contribution in [0.5, 0.6) is 11.8 Å². The number of carbonyl (C=O) groups excluding carboxylic acids is 2. The second kappa shape index (κ2) is 9.46. The first-order chi connectivity index (χ1) is 16.2. The van der Waals surface area contributed by atoms with Gasteiger partial charge in [-0.05, 0) is 37.1 Å². The number of fused-ring (bicyclic) bond motifs is 1. The van der Waals surface area contributed by atoms with Gasteiger partial charge in [-0.3, -0.25) is 4.90 Å². The van der Waals surface area contributed by atoms with Gasteiger partial charge in [-0.1, -0.05) is 67.1 Å². The fraction of sp³-hybridized carbons (Fsp3) is 0.320. The number of rotatable bonds is 6. The molecule has 8 heteroatoms. The first-order valence-corrected chi connectivity index (χ1v) is 11.2. The van der Waals surface area contributed by atoms with Crippen LogP contribution in [-0.2, 0) is 20.9 Å². The summed E-state index contributed by atoms with van der Waals surface area (Å²) in [6, 6.07) is 19.2. The van der Waals surface area contributed by atoms with Gasteiger partial charge < -0.3 is 14.2 Å². The van der Waals surface area contributed by atoms with Crippen molar-refractivity contribution in [3.05, 3.63) is 66.2 Å². The lowest BCUT2D eigenvalue weighted by Crippen LogP contribution is -2.37. The van der Waals surface area contributed by atoms with Crippen molar-refractivity contribution < 1.29 is 23.8 Å². The smallest absolute Gasteiger partial charge is 0.424 e. The molecule has 1 aromatic heterocycles. The van der Waals surface area contributed by atoms with E-state index in [4.69, 9.17) is 14.2 Å². The molecule has 2 aliphatic heterocycles. The Balaban J connectivity index is 1.55. The molecule has 0 aliphatic carbocycles. The number of benzene rings is 2. The Bertz CT molecular complexity index is 1120. The summed E-state index contributed by atoms with van der Waals surface area (Å²) in [5.74, 6) is -1.62. The van der Waals surface area contributed by atoms with Crippen LogP contribution in [0.15, 0.2) is 60.7 Å². The SMILES string of the molecule is O=C1Oc2c(-c3ccccc3)c(OCc3ccccc3)nn2C(CN2CCCCC2)OC1=O. The monoisotopic (exact) mass is 447 g/mol. The molecular weight excluding hydrogens is 422 g/mol. The molecule has 5 rings (SSSR count). The second-order valence-electron chi connectivity index (χ2n) is 8.18. The summed E-state index contributed by atoms with van der Waals surface area (Å²) in [6.07, 6.45) is 2.56. The molecule has 0 radical (unpaired) electrons. The molecule has 2 aromatic carbocycles. The van der Waals surface area contributed by atoms with Crippen molar-refractivity contribution in [2.75, 3.05) is 19.6 Å². The number of esters is 2. The van der Waals surface area contributed by atoms with Crippen molar-refractivity contribution in [3.8, 4) is 22.9 Å². The lowest BCUT2D eigenvalue weighted by Gasteiger charge is -2.29. The van der Waals surface area contributed by atoms with E-state index in [1.165, 1.54) is 11.1 Å². The number of hydrogen-bond donors (Lipinski definition) is 0. The number of piperidine rings is 1. The van der Waals surface area contributed by atoms with Crippen LogP contribution < -0.4 is 9.47 Å². The number of likely N-dealkylation sites (tertiary alicyclic amines) is 1. The van der Waals surface area contributed by atoms with Crippen LogP contribution in [0.25, 0.3) is 11.1 Å². The Kier molecular flexibility index (Phi) is 6.08. The van der Waals surface area contributed by atoms with Gasteiger partial charge >= 0.3 is 11.9 Å². The maximum atomic E-state index is 12.4. The van der Waals surface area contributed by atoms with E-state index in [0.717, 1.165) is 37.1 Å². The van der Waals surface area contributed by atoms with Crippen molar-refractivity contribution >= 4 is 11.9 Å². The summed E-state index contributed by atoms with van der Waals surface area (Å²) in [7, 11) is 0. The van der Waals surface area contributed by atoms with Gasteiger partial charge in [0.05, 0.1) is 6.54 Å². The third kappa shape index (κ3) is 4.61. The fourth-order valence-electron chi connectivity index (χ4n) is 4.20. The maximum Gasteiger partial charge on any atom is 0.424 e. The Morgan fingerprint density at radius 3 is 2.33 bits per heavy atom. The predicted molar refractivity (Wildman–Crippen MR) is 119 cm³/mol. The van der Waals surface area contributed by atoms with Crippen LogP contribution in [0.1, 0.15) is 31.1 Å². The largest absolute Gasteiger partial charge is 0.471 e. The molecule has 3 aromatic rings. The Labute approximate surface area is 191 Å². The van der Waals surface area contributed by atoms with Crippen LogP contribution in [0.3, 0.4) is 0 Å². The first-order valence-electron chi connectivity index (χ1n) is 11.2. The summed E-state index contributed by atoms with van der Waals surface area (Å²) >= 11 is 0. The molecule has 1 saturated heterocycles. The zero-order chi connectivity index (χ0) is 22.6. The minimum Gasteiger partial charge on any atom is -0.471 e. The van der Waals surface area contributed by atoms with Gasteiger partial charge in [-0.2, -0.15) is 4.68 Å². The third-order valence-corrected chi connectivity index (χ3v) is 5.85. The standard InChI is InChI=1S/C25H25N3O5/c29-24-25(30)33-23-21(19-12-6-2-7-13-19)22(31-17-18-10-4-1-5-11-18)26-28(23)20(32-24)16-27-14-8-3-9-15-27/h1-2,4-7,10-13,20H,3,8-9,14-17H2. The predicted octanol–water partition coefficient (Wildman–Crippen LogP) is 3.58. The third-order valence-electron chi connectivity index (χ3n) is 5.85. The second-order valence-corrected chi connectivity index (χ2v) is 8.18. The molecule has 2 aliphatic rings. The zero-order valence-corrected chi connectivity index (χ0v) is 18.2. The van der Waals surface area contributed by atoms with Crippen LogP contribution in [-0.4, -0.2) is 46.3 Å². The highest BCUT2D eigenvalue weighted by Crippen LogP contribution is 2.41. The maximum absolute atomic E-state index is 12.4. The highest BCUT2D eigenvalue weighted by molar-refractivity contribution is 6.30. The van der Waals surface area contributed by atoms with Crippen LogP contribution in [0.2, 0.25) is 0 Å². The highest BCUT2D eigenvalue weighted by Gasteiger charge is 2.37. The van der Waals surface area contributed by atoms with Gasteiger partial charge in [0.15, 0.2) is 0 Å². The molecule has 3 heterocycles. The summed E-state index contributed by atoms with van der Waals surface area (Å²) in [4.78, 5) is 26.9. The lowest BCUT2D eigenvalue weighted by molar-refractivity contribution is -0.167. The number of ether oxygens (including phenoxy) is 3. The van der Waals surface area contributed by atoms with E-state index < -0.39 is 18.2 Å². The first kappa shape index (κ1) is 21.2. The molecule has 33 heavy (non-hydrogen) atoms. The van der Waals surface area contributed by atoms with Crippen LogP contribution in [0, 0.1) is 0 Å². The normalized spacial score (nSPS) is 18.7. The lowest BCUT2D eigenvalue weighted by atomic mass is 10.1. The summed E-state index contributed by atoms with van der Waals surface area (Å²) < 4.78 is 18.6. The molecule has 0 bridgehead atoms. The molecule has 1 atom stereocenters. The highest BCUT2D eigenvalue weighted by atomic mass is 16.6. The van der Waals surface area contributed by atoms with Gasteiger partial charge in [0.1, 0.15) is 12.2 Å². The molecule has 1 unspecified atom stereocenters. The van der Waals surface area contributed by atoms with Crippen molar-refractivity contribution in [3.63, 3.8) is 0 Å². The van der Waals surface area contributed by atoms with E-state index in [2.05, 4.69) is 10.00 Å². The minimum atomic E-state index is -1.07. The van der Waals surface area contributed by atoms with E-state index in [0.29, 0.717) is 24.6 Å². The van der Waals surface area contributed by atoms with Crippen LogP contribution in [0.4, 0.5) is 0 Å². The Morgan fingerprint density at radius 1 is 0.909 bits per heavy atom. The summed E-state index contributed by atoms with van der Waals surface area (Å²) in [5.41, 5.74) is 2.26. The molecule has 1 fully saturated rings. The minimum absolute atomic E-state index is 0.155. The van der Waals surface area contributed by atoms with Gasteiger partial charge in [0.2, 0.25) is 18.0 Å². The van der Waals surface area contributed by atoms with Gasteiger partial charge in [-0.15, -0.1) is 5.10 Å². The average Bonchev–Trinajstić information content (AvgIpc) is 3.17. The van der Waals surface area contributed by atoms with Crippen molar-refractivity contribution in [2.45, 2.75) is 32.1 Å². The number of carbonyl (C=O) groups is 2. The fourth-order valence-corrected chi connectivity index (χ4v) is 4.20. The Hall–Kier alpha value is -3.65. The quantitative estimate of drug-likeness (QED) is 0.422. The van der Waals surface area contributed by atoms with E-state index in [1.807, 2.05) is 60.7 Å². The number of cyclic esters (lactones) is 1. The molecule has 0 amide bonds. The molecule has 0 N–H and O–H groups in total. The average molecular weight is 447 g/mol. The van der Waals surface area contributed by atoms with E-state index in [9.17, 15) is 9.59 Å². The van der Waals surface area contributed by atoms with Gasteiger partial charge in [0.25, 0.3) is 0 Å². The van der Waals surface area contributed by atoms with Crippen molar-refractivity contribution in [2.24, 2.45) is 0 Å². The van der Waals surface area contributed by atoms with E-state index in [-0.39, 0.29) is 5.88 Å². The number of aromatic nitrogens is 2. The topological polar surface area (TPSA) is 82.9 Å².